The molecule has 164 valence electrons. The number of aromatic amines is 2. The predicted octanol–water partition coefficient (Wildman–Crippen LogP) is 3.92. The maximum atomic E-state index is 12.5. The van der Waals surface area contributed by atoms with Crippen LogP contribution >= 0.6 is 0 Å². The lowest BCUT2D eigenvalue weighted by atomic mass is 10.0. The van der Waals surface area contributed by atoms with Crippen molar-refractivity contribution in [2.24, 2.45) is 12.0 Å². The van der Waals surface area contributed by atoms with Gasteiger partial charge in [-0.2, -0.15) is 5.10 Å². The van der Waals surface area contributed by atoms with Crippen LogP contribution in [0.25, 0.3) is 10.9 Å². The van der Waals surface area contributed by atoms with Crippen molar-refractivity contribution in [3.8, 4) is 5.88 Å². The number of H-pyrrole nitrogens is 2. The molecule has 0 spiro atoms. The van der Waals surface area contributed by atoms with Crippen molar-refractivity contribution in [2.45, 2.75) is 6.42 Å². The summed E-state index contributed by atoms with van der Waals surface area (Å²) in [5.41, 5.74) is 4.23. The summed E-state index contributed by atoms with van der Waals surface area (Å²) >= 11 is 0. The highest BCUT2D eigenvalue weighted by Crippen LogP contribution is 2.28. The number of amides is 1. The quantitative estimate of drug-likeness (QED) is 0.299. The second kappa shape index (κ2) is 8.46. The molecule has 0 aliphatic heterocycles. The number of aromatic hydroxyl groups is 1. The summed E-state index contributed by atoms with van der Waals surface area (Å²) in [6.07, 6.45) is 7.21. The Morgan fingerprint density at radius 1 is 1.18 bits per heavy atom. The van der Waals surface area contributed by atoms with Gasteiger partial charge >= 0.3 is 0 Å². The molecule has 3 heterocycles. The van der Waals surface area contributed by atoms with Gasteiger partial charge in [0.25, 0.3) is 5.91 Å². The largest absolute Gasteiger partial charge is 0.494 e. The van der Waals surface area contributed by atoms with Gasteiger partial charge in [0.1, 0.15) is 5.82 Å². The zero-order valence-corrected chi connectivity index (χ0v) is 17.8. The van der Waals surface area contributed by atoms with Crippen LogP contribution in [-0.4, -0.2) is 42.0 Å². The summed E-state index contributed by atoms with van der Waals surface area (Å²) in [6, 6.07) is 15.4. The van der Waals surface area contributed by atoms with Crippen LogP contribution in [0, 0.1) is 0 Å². The molecule has 1 amide bonds. The standard InChI is InChI=1S/C24H21N7O2/c1-31-10-9-25-22(31)24(33)28-17-4-2-3-15(12-17)11-16-5-6-20-18(13-16)19(23(32)29-20)14-26-21-7-8-27-30-21/h2-10,12-14,29,32H,11H2,1H3,(H,27,30)(H,28,33)/b26-14+. The van der Waals surface area contributed by atoms with Gasteiger partial charge in [-0.15, -0.1) is 0 Å². The first-order valence-electron chi connectivity index (χ1n) is 10.3. The second-order valence-corrected chi connectivity index (χ2v) is 7.66. The van der Waals surface area contributed by atoms with Gasteiger partial charge in [-0.3, -0.25) is 9.89 Å². The lowest BCUT2D eigenvalue weighted by molar-refractivity contribution is 0.101. The number of carbonyl (C=O) groups excluding carboxylic acids is 1. The van der Waals surface area contributed by atoms with Crippen molar-refractivity contribution < 1.29 is 9.90 Å². The van der Waals surface area contributed by atoms with Gasteiger partial charge in [-0.25, -0.2) is 9.98 Å². The number of aliphatic imine (C=N–C) groups is 1. The normalized spacial score (nSPS) is 11.4. The Morgan fingerprint density at radius 3 is 2.85 bits per heavy atom. The molecule has 0 atom stereocenters. The van der Waals surface area contributed by atoms with Crippen molar-refractivity contribution >= 4 is 34.5 Å². The zero-order chi connectivity index (χ0) is 22.8. The minimum Gasteiger partial charge on any atom is -0.494 e. The summed E-state index contributed by atoms with van der Waals surface area (Å²) in [7, 11) is 1.78. The first kappa shape index (κ1) is 20.3. The minimum absolute atomic E-state index is 0.0596. The zero-order valence-electron chi connectivity index (χ0n) is 17.8. The highest BCUT2D eigenvalue weighted by atomic mass is 16.3. The average molecular weight is 439 g/mol. The Bertz CT molecular complexity index is 1460. The van der Waals surface area contributed by atoms with E-state index in [2.05, 4.69) is 30.5 Å². The molecule has 9 heteroatoms. The molecular formula is C24H21N7O2. The van der Waals surface area contributed by atoms with E-state index in [9.17, 15) is 9.90 Å². The summed E-state index contributed by atoms with van der Waals surface area (Å²) in [6.45, 7) is 0. The number of nitrogens with zero attached hydrogens (tertiary/aromatic N) is 4. The van der Waals surface area contributed by atoms with Crippen LogP contribution in [-0.2, 0) is 13.5 Å². The number of aryl methyl sites for hydroxylation is 1. The fraction of sp³-hybridized carbons (Fsp3) is 0.0833. The number of anilines is 1. The number of nitrogens with one attached hydrogen (secondary N) is 3. The summed E-state index contributed by atoms with van der Waals surface area (Å²) in [5.74, 6) is 0.751. The van der Waals surface area contributed by atoms with E-state index < -0.39 is 0 Å². The number of hydrogen-bond acceptors (Lipinski definition) is 5. The van der Waals surface area contributed by atoms with E-state index in [1.165, 1.54) is 0 Å². The molecular weight excluding hydrogens is 418 g/mol. The van der Waals surface area contributed by atoms with Gasteiger partial charge in [0.05, 0.1) is 11.8 Å². The highest BCUT2D eigenvalue weighted by Gasteiger charge is 2.12. The molecule has 0 radical (unpaired) electrons. The SMILES string of the molecule is Cn1ccnc1C(=O)Nc1cccc(Cc2ccc3[nH]c(O)c(/C=N/c4ccn[nH]4)c3c2)c1. The van der Waals surface area contributed by atoms with Crippen molar-refractivity contribution in [1.82, 2.24) is 24.7 Å². The fourth-order valence-electron chi connectivity index (χ4n) is 3.71. The van der Waals surface area contributed by atoms with E-state index in [0.717, 1.165) is 22.0 Å². The number of fused-ring (bicyclic) bond motifs is 1. The first-order chi connectivity index (χ1) is 16.1. The molecule has 0 aliphatic carbocycles. The van der Waals surface area contributed by atoms with E-state index >= 15 is 0 Å². The number of imidazole rings is 1. The summed E-state index contributed by atoms with van der Waals surface area (Å²) in [5, 5.41) is 20.7. The molecule has 5 rings (SSSR count). The third-order valence-electron chi connectivity index (χ3n) is 5.32. The van der Waals surface area contributed by atoms with Crippen LogP contribution in [0.5, 0.6) is 5.88 Å². The fourth-order valence-corrected chi connectivity index (χ4v) is 3.71. The van der Waals surface area contributed by atoms with Crippen LogP contribution in [0.2, 0.25) is 0 Å². The van der Waals surface area contributed by atoms with E-state index in [4.69, 9.17) is 0 Å². The molecule has 2 aromatic carbocycles. The van der Waals surface area contributed by atoms with Crippen molar-refractivity contribution in [3.63, 3.8) is 0 Å². The maximum Gasteiger partial charge on any atom is 0.291 e. The topological polar surface area (TPSA) is 124 Å². The van der Waals surface area contributed by atoms with Gasteiger partial charge in [0, 0.05) is 48.3 Å². The average Bonchev–Trinajstić information content (AvgIpc) is 3.53. The molecule has 0 saturated heterocycles. The summed E-state index contributed by atoms with van der Waals surface area (Å²) < 4.78 is 1.67. The molecule has 5 aromatic rings. The molecule has 0 bridgehead atoms. The third-order valence-corrected chi connectivity index (χ3v) is 5.32. The Kier molecular flexibility index (Phi) is 5.19. The van der Waals surface area contributed by atoms with Gasteiger partial charge in [-0.05, 0) is 41.8 Å². The van der Waals surface area contributed by atoms with Crippen molar-refractivity contribution in [1.29, 1.82) is 0 Å². The molecule has 9 nitrogen and oxygen atoms in total. The van der Waals surface area contributed by atoms with Crippen molar-refractivity contribution in [3.05, 3.63) is 89.6 Å². The second-order valence-electron chi connectivity index (χ2n) is 7.66. The monoisotopic (exact) mass is 439 g/mol. The molecule has 0 aliphatic rings. The smallest absolute Gasteiger partial charge is 0.291 e. The summed E-state index contributed by atoms with van der Waals surface area (Å²) in [4.78, 5) is 23.9. The number of benzene rings is 2. The molecule has 33 heavy (non-hydrogen) atoms. The Morgan fingerprint density at radius 2 is 2.06 bits per heavy atom. The van der Waals surface area contributed by atoms with Gasteiger partial charge in [-0.1, -0.05) is 18.2 Å². The van der Waals surface area contributed by atoms with Gasteiger partial charge in [0.2, 0.25) is 0 Å². The molecule has 4 N–H and O–H groups in total. The molecule has 0 fully saturated rings. The van der Waals surface area contributed by atoms with Crippen LogP contribution in [0.1, 0.15) is 27.3 Å². The Balaban J connectivity index is 1.38. The number of carbonyl (C=O) groups is 1. The Hall–Kier alpha value is -4.66. The lowest BCUT2D eigenvalue weighted by Gasteiger charge is -2.08. The van der Waals surface area contributed by atoms with Gasteiger partial charge < -0.3 is 20.0 Å². The predicted molar refractivity (Wildman–Crippen MR) is 126 cm³/mol. The van der Waals surface area contributed by atoms with Gasteiger partial charge in [0.15, 0.2) is 11.7 Å². The first-order valence-corrected chi connectivity index (χ1v) is 10.3. The molecule has 0 saturated carbocycles. The highest BCUT2D eigenvalue weighted by molar-refractivity contribution is 6.03. The minimum atomic E-state index is -0.259. The number of rotatable bonds is 6. The van der Waals surface area contributed by atoms with E-state index in [1.54, 1.807) is 42.5 Å². The van der Waals surface area contributed by atoms with E-state index in [0.29, 0.717) is 29.3 Å². The molecule has 0 unspecified atom stereocenters. The van der Waals surface area contributed by atoms with Crippen LogP contribution in [0.4, 0.5) is 11.5 Å². The van der Waals surface area contributed by atoms with Crippen LogP contribution < -0.4 is 5.32 Å². The van der Waals surface area contributed by atoms with Crippen LogP contribution in [0.3, 0.4) is 0 Å². The maximum absolute atomic E-state index is 12.5. The number of aromatic nitrogens is 5. The third kappa shape index (κ3) is 4.24. The molecule has 3 aromatic heterocycles. The van der Waals surface area contributed by atoms with E-state index in [1.807, 2.05) is 42.5 Å². The lowest BCUT2D eigenvalue weighted by Crippen LogP contribution is -2.16. The van der Waals surface area contributed by atoms with Crippen LogP contribution in [0.15, 0.2) is 72.1 Å². The number of hydrogen-bond donors (Lipinski definition) is 4. The van der Waals surface area contributed by atoms with Crippen molar-refractivity contribution in [2.75, 3.05) is 5.32 Å². The van der Waals surface area contributed by atoms with E-state index in [-0.39, 0.29) is 11.8 Å². The Labute approximate surface area is 188 Å².